The Balaban J connectivity index is 2.05. The van der Waals surface area contributed by atoms with Crippen LogP contribution in [-0.2, 0) is 11.0 Å². The van der Waals surface area contributed by atoms with E-state index in [-0.39, 0.29) is 5.75 Å². The summed E-state index contributed by atoms with van der Waals surface area (Å²) < 4.78 is 10.9. The first-order valence-corrected chi connectivity index (χ1v) is 12.9. The topological polar surface area (TPSA) is 60.4 Å². The fourth-order valence-corrected chi connectivity index (χ4v) is 4.90. The molecular weight excluding hydrogens is 363 g/mol. The minimum absolute atomic E-state index is 0.214. The summed E-state index contributed by atoms with van der Waals surface area (Å²) in [6.07, 6.45) is 17.7. The van der Waals surface area contributed by atoms with Gasteiger partial charge >= 0.3 is 7.23 Å². The van der Waals surface area contributed by atoms with Gasteiger partial charge in [0, 0.05) is 5.56 Å². The lowest BCUT2D eigenvalue weighted by Crippen LogP contribution is -1.91. The van der Waals surface area contributed by atoms with Crippen molar-refractivity contribution in [1.82, 2.24) is 0 Å². The highest BCUT2D eigenvalue weighted by Crippen LogP contribution is 2.41. The van der Waals surface area contributed by atoms with E-state index < -0.39 is 7.23 Å². The maximum atomic E-state index is 10.9. The zero-order valence-corrected chi connectivity index (χ0v) is 18.0. The fraction of sp³-hybridized carbons (Fsp3) is 0.714. The fourth-order valence-electron chi connectivity index (χ4n) is 3.29. The minimum Gasteiger partial charge on any atom is -0.584 e. The van der Waals surface area contributed by atoms with E-state index in [1.807, 2.05) is 0 Å². The molecule has 1 rings (SSSR count). The van der Waals surface area contributed by atoms with Gasteiger partial charge in [0.1, 0.15) is 5.75 Å². The lowest BCUT2D eigenvalue weighted by molar-refractivity contribution is -0.157. The van der Waals surface area contributed by atoms with E-state index in [2.05, 4.69) is 6.92 Å². The molecule has 148 valence electrons. The van der Waals surface area contributed by atoms with Gasteiger partial charge in [0.05, 0.1) is 4.90 Å². The van der Waals surface area contributed by atoms with Gasteiger partial charge in [-0.05, 0) is 25.0 Å². The second-order valence-electron chi connectivity index (χ2n) is 7.06. The smallest absolute Gasteiger partial charge is 0.389 e. The Labute approximate surface area is 164 Å². The first-order valence-electron chi connectivity index (χ1n) is 10.3. The molecule has 0 saturated heterocycles. The Morgan fingerprint density at radius 2 is 1.38 bits per heavy atom. The molecule has 0 spiro atoms. The number of phenols is 1. The molecule has 0 heterocycles. The summed E-state index contributed by atoms with van der Waals surface area (Å²) in [5.74, 6) is 0.214. The van der Waals surface area contributed by atoms with Crippen molar-refractivity contribution in [2.45, 2.75) is 102 Å². The standard InChI is InChI=1S/C21H35O3PS/c1-2-3-4-5-6-7-8-9-10-11-12-13-14-16-19-20(22)17-15-18-21(19)26-25(23)24/h15,17-18,22H,2-14,16H2,1H3. The Hall–Kier alpha value is -0.570. The summed E-state index contributed by atoms with van der Waals surface area (Å²) in [4.78, 5) is 11.6. The molecule has 26 heavy (non-hydrogen) atoms. The van der Waals surface area contributed by atoms with E-state index in [1.54, 1.807) is 18.2 Å². The lowest BCUT2D eigenvalue weighted by Gasteiger charge is -2.08. The predicted octanol–water partition coefficient (Wildman–Crippen LogP) is 7.14. The maximum absolute atomic E-state index is 10.9. The summed E-state index contributed by atoms with van der Waals surface area (Å²) >= 11 is 0.818. The number of unbranched alkanes of at least 4 members (excludes halogenated alkanes) is 12. The molecule has 0 aliphatic heterocycles. The summed E-state index contributed by atoms with van der Waals surface area (Å²) in [6, 6.07) is 5.11. The molecular formula is C21H35O3PS. The maximum Gasteiger partial charge on any atom is 0.389 e. The quantitative estimate of drug-likeness (QED) is 0.237. The van der Waals surface area contributed by atoms with E-state index in [9.17, 15) is 14.6 Å². The van der Waals surface area contributed by atoms with Crippen molar-refractivity contribution in [2.75, 3.05) is 0 Å². The van der Waals surface area contributed by atoms with Gasteiger partial charge in [-0.25, -0.2) is 0 Å². The highest BCUT2D eigenvalue weighted by Gasteiger charge is 2.14. The van der Waals surface area contributed by atoms with E-state index in [0.717, 1.165) is 36.2 Å². The molecule has 5 heteroatoms. The summed E-state index contributed by atoms with van der Waals surface area (Å²) in [7, 11) is -2.54. The molecule has 0 saturated carbocycles. The van der Waals surface area contributed by atoms with Crippen LogP contribution in [0.25, 0.3) is 0 Å². The Kier molecular flexibility index (Phi) is 14.0. The summed E-state index contributed by atoms with van der Waals surface area (Å²) in [5, 5.41) is 9.99. The van der Waals surface area contributed by atoms with Crippen LogP contribution in [-0.4, -0.2) is 5.11 Å². The molecule has 1 atom stereocenters. The van der Waals surface area contributed by atoms with Gasteiger partial charge in [0.25, 0.3) is 0 Å². The zero-order chi connectivity index (χ0) is 19.0. The molecule has 1 aromatic rings. The van der Waals surface area contributed by atoms with Crippen LogP contribution in [0.3, 0.4) is 0 Å². The van der Waals surface area contributed by atoms with E-state index in [4.69, 9.17) is 0 Å². The Bertz CT molecular complexity index is 508. The predicted molar refractivity (Wildman–Crippen MR) is 111 cm³/mol. The number of hydrogen-bond acceptors (Lipinski definition) is 4. The van der Waals surface area contributed by atoms with Gasteiger partial charge in [0.2, 0.25) is 0 Å². The molecule has 1 aromatic carbocycles. The minimum atomic E-state index is -2.54. The largest absolute Gasteiger partial charge is 0.584 e. The molecule has 0 amide bonds. The molecule has 0 aliphatic rings. The van der Waals surface area contributed by atoms with Gasteiger partial charge in [0.15, 0.2) is 11.4 Å². The van der Waals surface area contributed by atoms with Gasteiger partial charge in [-0.1, -0.05) is 94.6 Å². The van der Waals surface area contributed by atoms with Crippen LogP contribution in [0.2, 0.25) is 0 Å². The lowest BCUT2D eigenvalue weighted by atomic mass is 10.0. The zero-order valence-electron chi connectivity index (χ0n) is 16.3. The number of aromatic hydroxyl groups is 1. The number of phenolic OH excluding ortho intramolecular Hbond substituents is 1. The third kappa shape index (κ3) is 11.2. The van der Waals surface area contributed by atoms with Crippen molar-refractivity contribution < 1.29 is 14.6 Å². The second-order valence-corrected chi connectivity index (χ2v) is 9.57. The van der Waals surface area contributed by atoms with Crippen LogP contribution in [0, 0.1) is 0 Å². The van der Waals surface area contributed by atoms with Gasteiger partial charge < -0.3 is 10.00 Å². The number of hydrogen-bond donors (Lipinski definition) is 1. The van der Waals surface area contributed by atoms with Crippen LogP contribution < -0.4 is 4.89 Å². The van der Waals surface area contributed by atoms with Gasteiger partial charge in [-0.15, -0.1) is 0 Å². The molecule has 0 aromatic heterocycles. The molecule has 3 nitrogen and oxygen atoms in total. The first-order chi connectivity index (χ1) is 12.6. The van der Waals surface area contributed by atoms with Crippen LogP contribution in [0.15, 0.2) is 23.1 Å². The first kappa shape index (κ1) is 23.5. The summed E-state index contributed by atoms with van der Waals surface area (Å²) in [6.45, 7) is 2.26. The van der Waals surface area contributed by atoms with E-state index in [0.29, 0.717) is 4.90 Å². The number of benzene rings is 1. The van der Waals surface area contributed by atoms with Crippen molar-refractivity contribution >= 4 is 18.6 Å². The van der Waals surface area contributed by atoms with Crippen molar-refractivity contribution in [3.63, 3.8) is 0 Å². The average molecular weight is 399 g/mol. The highest BCUT2D eigenvalue weighted by molar-refractivity contribution is 8.49. The monoisotopic (exact) mass is 398 g/mol. The second kappa shape index (κ2) is 15.5. The van der Waals surface area contributed by atoms with Crippen molar-refractivity contribution in [2.24, 2.45) is 0 Å². The van der Waals surface area contributed by atoms with E-state index >= 15 is 0 Å². The van der Waals surface area contributed by atoms with E-state index in [1.165, 1.54) is 70.6 Å². The number of rotatable bonds is 16. The third-order valence-corrected chi connectivity index (χ3v) is 6.58. The molecule has 1 unspecified atom stereocenters. The van der Waals surface area contributed by atoms with Crippen molar-refractivity contribution in [3.8, 4) is 5.75 Å². The SMILES string of the molecule is CCCCCCCCCCCCCCCc1c(O)cccc1S[P+](=O)[O-]. The molecule has 1 N–H and O–H groups in total. The van der Waals surface area contributed by atoms with Crippen LogP contribution >= 0.6 is 18.6 Å². The highest BCUT2D eigenvalue weighted by atomic mass is 32.7. The van der Waals surface area contributed by atoms with Crippen molar-refractivity contribution in [1.29, 1.82) is 0 Å². The van der Waals surface area contributed by atoms with Crippen LogP contribution in [0.4, 0.5) is 0 Å². The van der Waals surface area contributed by atoms with Gasteiger partial charge in [-0.2, -0.15) is 0 Å². The molecule has 0 aliphatic carbocycles. The van der Waals surface area contributed by atoms with Crippen LogP contribution in [0.5, 0.6) is 5.75 Å². The van der Waals surface area contributed by atoms with Gasteiger partial charge in [-0.3, -0.25) is 0 Å². The Morgan fingerprint density at radius 1 is 0.885 bits per heavy atom. The average Bonchev–Trinajstić information content (AvgIpc) is 2.60. The molecule has 0 bridgehead atoms. The molecule has 0 fully saturated rings. The normalized spacial score (nSPS) is 11.7. The van der Waals surface area contributed by atoms with Crippen molar-refractivity contribution in [3.05, 3.63) is 23.8 Å². The summed E-state index contributed by atoms with van der Waals surface area (Å²) in [5.41, 5.74) is 0.778. The Morgan fingerprint density at radius 3 is 1.88 bits per heavy atom. The third-order valence-electron chi connectivity index (χ3n) is 4.81. The van der Waals surface area contributed by atoms with Crippen LogP contribution in [0.1, 0.15) is 96.0 Å². The molecule has 0 radical (unpaired) electrons.